The van der Waals surface area contributed by atoms with E-state index in [1.54, 1.807) is 4.90 Å². The van der Waals surface area contributed by atoms with Gasteiger partial charge in [0.1, 0.15) is 10.8 Å². The molecule has 1 saturated heterocycles. The molecule has 0 aromatic rings. The van der Waals surface area contributed by atoms with Crippen LogP contribution in [0.5, 0.6) is 0 Å². The SMILES string of the molecule is CC(C)(C)OC(=O)N1CCC(/C(Cl)=N/O)CC1. The van der Waals surface area contributed by atoms with Crippen LogP contribution in [0.15, 0.2) is 5.16 Å². The molecule has 0 aromatic carbocycles. The molecule has 1 heterocycles. The minimum Gasteiger partial charge on any atom is -0.444 e. The Morgan fingerprint density at radius 1 is 1.41 bits per heavy atom. The van der Waals surface area contributed by atoms with E-state index in [4.69, 9.17) is 21.5 Å². The maximum atomic E-state index is 11.8. The zero-order valence-electron chi connectivity index (χ0n) is 10.4. The van der Waals surface area contributed by atoms with Crippen molar-refractivity contribution in [2.24, 2.45) is 11.1 Å². The van der Waals surface area contributed by atoms with Gasteiger partial charge in [-0.15, -0.1) is 0 Å². The van der Waals surface area contributed by atoms with Gasteiger partial charge in [0.25, 0.3) is 0 Å². The second-order valence-corrected chi connectivity index (χ2v) is 5.55. The molecule has 1 fully saturated rings. The largest absolute Gasteiger partial charge is 0.444 e. The zero-order valence-corrected chi connectivity index (χ0v) is 11.2. The van der Waals surface area contributed by atoms with Gasteiger partial charge in [-0.05, 0) is 33.6 Å². The average molecular weight is 263 g/mol. The fourth-order valence-corrected chi connectivity index (χ4v) is 1.93. The predicted octanol–water partition coefficient (Wildman–Crippen LogP) is 2.66. The van der Waals surface area contributed by atoms with Crippen LogP contribution in [-0.4, -0.2) is 40.1 Å². The molecule has 1 aliphatic rings. The molecule has 0 saturated carbocycles. The van der Waals surface area contributed by atoms with Crippen LogP contribution < -0.4 is 0 Å². The van der Waals surface area contributed by atoms with Gasteiger partial charge < -0.3 is 14.8 Å². The molecule has 1 N–H and O–H groups in total. The van der Waals surface area contributed by atoms with Crippen molar-refractivity contribution in [3.05, 3.63) is 0 Å². The Kier molecular flexibility index (Phi) is 4.62. The molecule has 0 unspecified atom stereocenters. The van der Waals surface area contributed by atoms with Gasteiger partial charge >= 0.3 is 6.09 Å². The molecule has 1 amide bonds. The third kappa shape index (κ3) is 4.42. The first kappa shape index (κ1) is 14.1. The van der Waals surface area contributed by atoms with E-state index in [1.807, 2.05) is 20.8 Å². The van der Waals surface area contributed by atoms with E-state index >= 15 is 0 Å². The summed E-state index contributed by atoms with van der Waals surface area (Å²) in [7, 11) is 0. The molecule has 0 radical (unpaired) electrons. The molecule has 0 aromatic heterocycles. The van der Waals surface area contributed by atoms with Crippen molar-refractivity contribution >= 4 is 22.9 Å². The number of halogens is 1. The summed E-state index contributed by atoms with van der Waals surface area (Å²) in [4.78, 5) is 13.4. The lowest BCUT2D eigenvalue weighted by Crippen LogP contribution is -2.42. The highest BCUT2D eigenvalue weighted by Crippen LogP contribution is 2.22. The number of nitrogens with zero attached hydrogens (tertiary/aromatic N) is 2. The van der Waals surface area contributed by atoms with Gasteiger partial charge in [0.15, 0.2) is 0 Å². The highest BCUT2D eigenvalue weighted by atomic mass is 35.5. The molecular formula is C11H19ClN2O3. The normalized spacial score (nSPS) is 19.3. The van der Waals surface area contributed by atoms with Crippen molar-refractivity contribution in [1.29, 1.82) is 0 Å². The van der Waals surface area contributed by atoms with Crippen molar-refractivity contribution in [1.82, 2.24) is 4.90 Å². The van der Waals surface area contributed by atoms with Gasteiger partial charge in [0.2, 0.25) is 0 Å². The van der Waals surface area contributed by atoms with Gasteiger partial charge in [-0.3, -0.25) is 0 Å². The first-order valence-corrected chi connectivity index (χ1v) is 6.06. The monoisotopic (exact) mass is 262 g/mol. The Morgan fingerprint density at radius 3 is 2.35 bits per heavy atom. The molecule has 5 nitrogen and oxygen atoms in total. The van der Waals surface area contributed by atoms with Crippen LogP contribution in [-0.2, 0) is 4.74 Å². The number of piperidine rings is 1. The topological polar surface area (TPSA) is 62.1 Å². The van der Waals surface area contributed by atoms with Gasteiger partial charge in [-0.2, -0.15) is 0 Å². The van der Waals surface area contributed by atoms with Gasteiger partial charge in [0, 0.05) is 19.0 Å². The Morgan fingerprint density at radius 2 is 1.94 bits per heavy atom. The Balaban J connectivity index is 2.44. The van der Waals surface area contributed by atoms with E-state index in [1.165, 1.54) is 0 Å². The molecule has 1 rings (SSSR count). The highest BCUT2D eigenvalue weighted by molar-refractivity contribution is 6.65. The Labute approximate surface area is 106 Å². The smallest absolute Gasteiger partial charge is 0.410 e. The van der Waals surface area contributed by atoms with Crippen molar-refractivity contribution in [3.8, 4) is 0 Å². The third-order valence-electron chi connectivity index (χ3n) is 2.58. The second-order valence-electron chi connectivity index (χ2n) is 5.16. The molecule has 0 bridgehead atoms. The minimum atomic E-state index is -0.474. The summed E-state index contributed by atoms with van der Waals surface area (Å²) in [6.45, 7) is 6.67. The molecule has 0 atom stereocenters. The lowest BCUT2D eigenvalue weighted by Gasteiger charge is -2.32. The number of hydrogen-bond acceptors (Lipinski definition) is 4. The number of likely N-dealkylation sites (tertiary alicyclic amines) is 1. The van der Waals surface area contributed by atoms with Crippen LogP contribution in [0.25, 0.3) is 0 Å². The molecule has 98 valence electrons. The van der Waals surface area contributed by atoms with E-state index in [2.05, 4.69) is 5.16 Å². The summed E-state index contributed by atoms with van der Waals surface area (Å²) < 4.78 is 5.27. The first-order chi connectivity index (χ1) is 7.83. The van der Waals surface area contributed by atoms with Crippen molar-refractivity contribution in [2.45, 2.75) is 39.2 Å². The molecule has 1 aliphatic heterocycles. The molecule has 0 aliphatic carbocycles. The van der Waals surface area contributed by atoms with Crippen molar-refractivity contribution in [2.75, 3.05) is 13.1 Å². The van der Waals surface area contributed by atoms with Crippen LogP contribution in [0.1, 0.15) is 33.6 Å². The van der Waals surface area contributed by atoms with Crippen LogP contribution in [0, 0.1) is 5.92 Å². The summed E-state index contributed by atoms with van der Waals surface area (Å²) in [6, 6.07) is 0. The summed E-state index contributed by atoms with van der Waals surface area (Å²) in [6.07, 6.45) is 1.09. The number of carbonyl (C=O) groups is 1. The lowest BCUT2D eigenvalue weighted by atomic mass is 9.98. The molecule has 6 heteroatoms. The second kappa shape index (κ2) is 5.58. The number of rotatable bonds is 1. The summed E-state index contributed by atoms with van der Waals surface area (Å²) in [5.74, 6) is 0.0420. The standard InChI is InChI=1S/C11H19ClN2O3/c1-11(2,3)17-10(15)14-6-4-8(5-7-14)9(12)13-16/h8,16H,4-7H2,1-3H3/b13-9-. The average Bonchev–Trinajstić information content (AvgIpc) is 2.26. The summed E-state index contributed by atoms with van der Waals surface area (Å²) >= 11 is 5.74. The van der Waals surface area contributed by atoms with E-state index in [0.717, 1.165) is 0 Å². The Bertz CT molecular complexity index is 304. The van der Waals surface area contributed by atoms with Gasteiger partial charge in [-0.1, -0.05) is 16.8 Å². The Hall–Kier alpha value is -0.970. The van der Waals surface area contributed by atoms with Gasteiger partial charge in [0.05, 0.1) is 0 Å². The molecular weight excluding hydrogens is 244 g/mol. The highest BCUT2D eigenvalue weighted by Gasteiger charge is 2.28. The number of amides is 1. The number of carbonyl (C=O) groups excluding carboxylic acids is 1. The van der Waals surface area contributed by atoms with Crippen molar-refractivity contribution in [3.63, 3.8) is 0 Å². The number of hydrogen-bond donors (Lipinski definition) is 1. The van der Waals surface area contributed by atoms with Crippen LogP contribution in [0.4, 0.5) is 4.79 Å². The number of oxime groups is 1. The quantitative estimate of drug-likeness (QED) is 0.449. The maximum absolute atomic E-state index is 11.8. The van der Waals surface area contributed by atoms with Crippen molar-refractivity contribution < 1.29 is 14.7 Å². The lowest BCUT2D eigenvalue weighted by molar-refractivity contribution is 0.0202. The maximum Gasteiger partial charge on any atom is 0.410 e. The van der Waals surface area contributed by atoms with E-state index in [0.29, 0.717) is 25.9 Å². The minimum absolute atomic E-state index is 0.0420. The van der Waals surface area contributed by atoms with E-state index < -0.39 is 5.60 Å². The molecule has 0 spiro atoms. The van der Waals surface area contributed by atoms with Crippen LogP contribution in [0.2, 0.25) is 0 Å². The third-order valence-corrected chi connectivity index (χ3v) is 2.96. The van der Waals surface area contributed by atoms with E-state index in [9.17, 15) is 4.79 Å². The first-order valence-electron chi connectivity index (χ1n) is 5.69. The van der Waals surface area contributed by atoms with Crippen LogP contribution >= 0.6 is 11.6 Å². The fraction of sp³-hybridized carbons (Fsp3) is 0.818. The fourth-order valence-electron chi connectivity index (χ4n) is 1.71. The van der Waals surface area contributed by atoms with Gasteiger partial charge in [-0.25, -0.2) is 4.79 Å². The zero-order chi connectivity index (χ0) is 13.1. The predicted molar refractivity (Wildman–Crippen MR) is 65.6 cm³/mol. The summed E-state index contributed by atoms with van der Waals surface area (Å²) in [5.41, 5.74) is -0.474. The van der Waals surface area contributed by atoms with Crippen LogP contribution in [0.3, 0.4) is 0 Å². The summed E-state index contributed by atoms with van der Waals surface area (Å²) in [5, 5.41) is 11.8. The molecule has 17 heavy (non-hydrogen) atoms. The number of ether oxygens (including phenoxy) is 1. The van der Waals surface area contributed by atoms with E-state index in [-0.39, 0.29) is 17.2 Å².